The Morgan fingerprint density at radius 3 is 2.88 bits per heavy atom. The molecule has 1 heterocycles. The van der Waals surface area contributed by atoms with E-state index in [2.05, 4.69) is 6.92 Å². The number of rotatable bonds is 7. The first-order valence-electron chi connectivity index (χ1n) is 7.11. The van der Waals surface area contributed by atoms with Crippen LogP contribution in [-0.2, 0) is 14.2 Å². The summed E-state index contributed by atoms with van der Waals surface area (Å²) in [5.41, 5.74) is 0.433. The second-order valence-corrected chi connectivity index (χ2v) is 6.80. The van der Waals surface area contributed by atoms with E-state index >= 15 is 0 Å². The zero-order valence-electron chi connectivity index (χ0n) is 11.4. The molecule has 2 fully saturated rings. The van der Waals surface area contributed by atoms with E-state index in [0.29, 0.717) is 17.9 Å². The molecule has 3 nitrogen and oxygen atoms in total. The molecule has 0 amide bonds. The van der Waals surface area contributed by atoms with Crippen molar-refractivity contribution in [2.24, 2.45) is 5.92 Å². The zero-order chi connectivity index (χ0) is 12.3. The predicted octanol–water partition coefficient (Wildman–Crippen LogP) is 1.42. The highest BCUT2D eigenvalue weighted by atomic mass is 28.1. The van der Waals surface area contributed by atoms with E-state index in [-0.39, 0.29) is 6.29 Å². The molecular weight excluding hydrogens is 232 g/mol. The maximum Gasteiger partial charge on any atom is 0.154 e. The molecule has 4 heteroatoms. The third kappa shape index (κ3) is 4.36. The molecule has 0 bridgehead atoms. The molecule has 0 N–H and O–H groups in total. The van der Waals surface area contributed by atoms with Gasteiger partial charge >= 0.3 is 0 Å². The zero-order valence-corrected chi connectivity index (χ0v) is 13.4. The van der Waals surface area contributed by atoms with Crippen LogP contribution in [0, 0.1) is 5.92 Å². The van der Waals surface area contributed by atoms with Crippen LogP contribution in [0.3, 0.4) is 0 Å². The van der Waals surface area contributed by atoms with Crippen LogP contribution < -0.4 is 0 Å². The summed E-state index contributed by atoms with van der Waals surface area (Å²) in [6.45, 7) is 4.94. The van der Waals surface area contributed by atoms with Crippen molar-refractivity contribution < 1.29 is 14.2 Å². The van der Waals surface area contributed by atoms with Crippen molar-refractivity contribution in [3.63, 3.8) is 0 Å². The van der Waals surface area contributed by atoms with Gasteiger partial charge in [-0.25, -0.2) is 0 Å². The van der Waals surface area contributed by atoms with Crippen molar-refractivity contribution >= 4 is 10.2 Å². The monoisotopic (exact) mass is 258 g/mol. The summed E-state index contributed by atoms with van der Waals surface area (Å²) >= 11 is 0. The van der Waals surface area contributed by atoms with Crippen LogP contribution in [0.1, 0.15) is 46.0 Å². The lowest BCUT2D eigenvalue weighted by Crippen LogP contribution is -2.26. The first-order valence-corrected chi connectivity index (χ1v) is 8.27. The number of hydrogen-bond acceptors (Lipinski definition) is 3. The molecule has 1 aliphatic carbocycles. The molecule has 17 heavy (non-hydrogen) atoms. The number of fused-ring (bicyclic) bond motifs is 1. The van der Waals surface area contributed by atoms with Crippen LogP contribution in [0.5, 0.6) is 0 Å². The summed E-state index contributed by atoms with van der Waals surface area (Å²) in [4.78, 5) is 0. The molecule has 2 aliphatic rings. The van der Waals surface area contributed by atoms with E-state index in [1.807, 2.05) is 6.92 Å². The molecule has 0 aromatic rings. The van der Waals surface area contributed by atoms with E-state index in [1.54, 1.807) is 0 Å². The highest BCUT2D eigenvalue weighted by molar-refractivity contribution is 6.11. The van der Waals surface area contributed by atoms with E-state index in [1.165, 1.54) is 25.7 Å². The van der Waals surface area contributed by atoms with Gasteiger partial charge in [0.2, 0.25) is 0 Å². The molecule has 0 spiro atoms. The quantitative estimate of drug-likeness (QED) is 0.393. The van der Waals surface area contributed by atoms with Gasteiger partial charge in [0.25, 0.3) is 0 Å². The molecular formula is C13H26O3Si. The number of ether oxygens (including phenoxy) is 3. The van der Waals surface area contributed by atoms with Crippen LogP contribution in [0.2, 0.25) is 0 Å². The minimum atomic E-state index is -0.0361. The van der Waals surface area contributed by atoms with Crippen LogP contribution in [0.15, 0.2) is 0 Å². The summed E-state index contributed by atoms with van der Waals surface area (Å²) < 4.78 is 17.0. The maximum atomic E-state index is 5.90. The van der Waals surface area contributed by atoms with E-state index in [4.69, 9.17) is 14.2 Å². The average molecular weight is 258 g/mol. The van der Waals surface area contributed by atoms with E-state index in [0.717, 1.165) is 29.2 Å². The second kappa shape index (κ2) is 6.32. The Morgan fingerprint density at radius 1 is 1.35 bits per heavy atom. The van der Waals surface area contributed by atoms with Crippen molar-refractivity contribution in [2.45, 2.75) is 70.2 Å². The van der Waals surface area contributed by atoms with Gasteiger partial charge in [-0.3, -0.25) is 0 Å². The van der Waals surface area contributed by atoms with Gasteiger partial charge in [0.15, 0.2) is 6.29 Å². The summed E-state index contributed by atoms with van der Waals surface area (Å²) in [5.74, 6) is 0.819. The largest absolute Gasteiger partial charge is 0.370 e. The third-order valence-electron chi connectivity index (χ3n) is 3.76. The van der Waals surface area contributed by atoms with Gasteiger partial charge in [-0.15, -0.1) is 0 Å². The van der Waals surface area contributed by atoms with Crippen molar-refractivity contribution in [2.75, 3.05) is 6.61 Å². The molecule has 1 saturated heterocycles. The minimum absolute atomic E-state index is 0.0361. The molecule has 5 atom stereocenters. The summed E-state index contributed by atoms with van der Waals surface area (Å²) in [6.07, 6.45) is 7.30. The summed E-state index contributed by atoms with van der Waals surface area (Å²) in [7, 11) is 1.09. The second-order valence-electron chi connectivity index (χ2n) is 5.51. The fraction of sp³-hybridized carbons (Fsp3) is 1.00. The van der Waals surface area contributed by atoms with Crippen LogP contribution in [0.25, 0.3) is 0 Å². The average Bonchev–Trinajstić information content (AvgIpc) is 3.04. The number of hydrogen-bond donors (Lipinski definition) is 0. The molecule has 1 saturated carbocycles. The molecule has 0 radical (unpaired) electrons. The Bertz CT molecular complexity index is 237. The Morgan fingerprint density at radius 2 is 2.18 bits per heavy atom. The first kappa shape index (κ1) is 13.5. The van der Waals surface area contributed by atoms with Gasteiger partial charge in [0, 0.05) is 22.6 Å². The normalized spacial score (nSPS) is 35.3. The third-order valence-corrected chi connectivity index (χ3v) is 4.50. The van der Waals surface area contributed by atoms with Crippen molar-refractivity contribution in [1.82, 2.24) is 0 Å². The first-order chi connectivity index (χ1) is 8.19. The van der Waals surface area contributed by atoms with Crippen LogP contribution in [0.4, 0.5) is 0 Å². The lowest BCUT2D eigenvalue weighted by molar-refractivity contribution is -0.144. The van der Waals surface area contributed by atoms with Gasteiger partial charge in [0.05, 0.1) is 12.2 Å². The Hall–Kier alpha value is 0.0969. The SMILES string of the molecule is CCCOC(C)OC([SiH3])CC1CCC2OC2C1. The van der Waals surface area contributed by atoms with Crippen molar-refractivity contribution in [3.05, 3.63) is 0 Å². The van der Waals surface area contributed by atoms with Gasteiger partial charge in [-0.2, -0.15) is 0 Å². The highest BCUT2D eigenvalue weighted by Gasteiger charge is 2.43. The molecule has 5 unspecified atom stereocenters. The van der Waals surface area contributed by atoms with Gasteiger partial charge < -0.3 is 14.2 Å². The van der Waals surface area contributed by atoms with Gasteiger partial charge in [0.1, 0.15) is 0 Å². The van der Waals surface area contributed by atoms with Crippen molar-refractivity contribution in [3.8, 4) is 0 Å². The topological polar surface area (TPSA) is 31.0 Å². The fourth-order valence-electron chi connectivity index (χ4n) is 2.88. The Labute approximate surface area is 108 Å². The minimum Gasteiger partial charge on any atom is -0.370 e. The standard InChI is InChI=1S/C13H26O3Si/c1-3-6-14-9(2)15-13(17)8-10-4-5-11-12(7-10)16-11/h9-13H,3-8H2,1-2,17H3. The number of epoxide rings is 1. The summed E-state index contributed by atoms with van der Waals surface area (Å²) in [6, 6.07) is 0. The highest BCUT2D eigenvalue weighted by Crippen LogP contribution is 2.40. The lowest BCUT2D eigenvalue weighted by atomic mass is 9.87. The predicted molar refractivity (Wildman–Crippen MR) is 71.1 cm³/mol. The summed E-state index contributed by atoms with van der Waals surface area (Å²) in [5, 5.41) is 0. The molecule has 0 aromatic heterocycles. The Kier molecular flexibility index (Phi) is 5.03. The van der Waals surface area contributed by atoms with Gasteiger partial charge in [-0.1, -0.05) is 6.92 Å². The lowest BCUT2D eigenvalue weighted by Gasteiger charge is -2.25. The van der Waals surface area contributed by atoms with Crippen molar-refractivity contribution in [1.29, 1.82) is 0 Å². The molecule has 2 rings (SSSR count). The molecule has 0 aromatic carbocycles. The van der Waals surface area contributed by atoms with Crippen LogP contribution in [-0.4, -0.2) is 41.1 Å². The van der Waals surface area contributed by atoms with Gasteiger partial charge in [-0.05, 0) is 44.9 Å². The Balaban J connectivity index is 1.60. The smallest absolute Gasteiger partial charge is 0.154 e. The van der Waals surface area contributed by atoms with Crippen LogP contribution >= 0.6 is 0 Å². The molecule has 1 aliphatic heterocycles. The van der Waals surface area contributed by atoms with E-state index < -0.39 is 0 Å². The fourth-order valence-corrected chi connectivity index (χ4v) is 3.93. The van der Waals surface area contributed by atoms with E-state index in [9.17, 15) is 0 Å². The molecule has 100 valence electrons. The maximum absolute atomic E-state index is 5.90.